The number of nitrogens with zero attached hydrogens (tertiary/aromatic N) is 2. The maximum atomic E-state index is 12.1. The molecule has 2 aliphatic rings. The van der Waals surface area contributed by atoms with Gasteiger partial charge in [-0.2, -0.15) is 5.10 Å². The first-order valence-electron chi connectivity index (χ1n) is 7.60. The highest BCUT2D eigenvalue weighted by Gasteiger charge is 2.26. The predicted molar refractivity (Wildman–Crippen MR) is 83.0 cm³/mol. The van der Waals surface area contributed by atoms with Gasteiger partial charge in [0.25, 0.3) is 11.8 Å². The summed E-state index contributed by atoms with van der Waals surface area (Å²) in [7, 11) is 0. The summed E-state index contributed by atoms with van der Waals surface area (Å²) in [5, 5.41) is 4.18. The summed E-state index contributed by atoms with van der Waals surface area (Å²) in [6.45, 7) is -0.0885. The molecule has 6 heteroatoms. The molecular formula is C16H19N3O3. The second-order valence-electron chi connectivity index (χ2n) is 5.51. The number of nitrogens with one attached hydrogen (secondary N) is 1. The summed E-state index contributed by atoms with van der Waals surface area (Å²) in [4.78, 5) is 25.5. The number of amides is 2. The van der Waals surface area contributed by atoms with Crippen molar-refractivity contribution in [1.29, 1.82) is 0 Å². The lowest BCUT2D eigenvalue weighted by atomic mass is 9.99. The molecule has 1 fully saturated rings. The Bertz CT molecular complexity index is 604. The summed E-state index contributed by atoms with van der Waals surface area (Å²) in [6, 6.07) is 7.21. The molecule has 0 atom stereocenters. The van der Waals surface area contributed by atoms with Gasteiger partial charge in [-0.25, -0.2) is 5.43 Å². The van der Waals surface area contributed by atoms with Crippen LogP contribution in [0, 0.1) is 0 Å². The van der Waals surface area contributed by atoms with Gasteiger partial charge >= 0.3 is 0 Å². The Hall–Kier alpha value is -2.37. The predicted octanol–water partition coefficient (Wildman–Crippen LogP) is 1.85. The maximum absolute atomic E-state index is 12.1. The lowest BCUT2D eigenvalue weighted by Gasteiger charge is -2.28. The van der Waals surface area contributed by atoms with Gasteiger partial charge in [-0.05, 0) is 37.8 Å². The van der Waals surface area contributed by atoms with Crippen molar-refractivity contribution in [2.24, 2.45) is 5.10 Å². The molecule has 1 N–H and O–H groups in total. The monoisotopic (exact) mass is 301 g/mol. The summed E-state index contributed by atoms with van der Waals surface area (Å²) in [6.07, 6.45) is 5.37. The standard InChI is InChI=1S/C16H19N3O3/c20-15(18-17-12-6-2-1-3-7-12)10-19-13-8-4-5-9-14(13)22-11-16(19)21/h4-5,8-9H,1-3,6-7,10-11H2,(H,18,20). The van der Waals surface area contributed by atoms with Crippen LogP contribution in [-0.4, -0.2) is 30.7 Å². The highest BCUT2D eigenvalue weighted by molar-refractivity contribution is 6.02. The smallest absolute Gasteiger partial charge is 0.265 e. The fraction of sp³-hybridized carbons (Fsp3) is 0.438. The Balaban J connectivity index is 1.64. The van der Waals surface area contributed by atoms with E-state index in [9.17, 15) is 9.59 Å². The van der Waals surface area contributed by atoms with Crippen molar-refractivity contribution in [1.82, 2.24) is 5.43 Å². The first kappa shape index (κ1) is 14.6. The number of rotatable bonds is 3. The van der Waals surface area contributed by atoms with Crippen LogP contribution < -0.4 is 15.1 Å². The SMILES string of the molecule is O=C(CN1C(=O)COc2ccccc21)NN=C1CCCCC1. The van der Waals surface area contributed by atoms with E-state index in [0.717, 1.165) is 31.4 Å². The highest BCUT2D eigenvalue weighted by Crippen LogP contribution is 2.31. The molecule has 2 amide bonds. The summed E-state index contributed by atoms with van der Waals surface area (Å²) in [5.74, 6) is 0.107. The lowest BCUT2D eigenvalue weighted by molar-refractivity contribution is -0.125. The number of carbonyl (C=O) groups excluding carboxylic acids is 2. The van der Waals surface area contributed by atoms with Crippen molar-refractivity contribution in [2.75, 3.05) is 18.1 Å². The number of para-hydroxylation sites is 2. The molecule has 116 valence electrons. The van der Waals surface area contributed by atoms with Gasteiger partial charge in [-0.1, -0.05) is 18.6 Å². The van der Waals surface area contributed by atoms with Crippen molar-refractivity contribution < 1.29 is 14.3 Å². The van der Waals surface area contributed by atoms with E-state index in [2.05, 4.69) is 10.5 Å². The molecular weight excluding hydrogens is 282 g/mol. The van der Waals surface area contributed by atoms with Gasteiger partial charge in [0, 0.05) is 5.71 Å². The number of carbonyl (C=O) groups is 2. The normalized spacial score (nSPS) is 17.5. The Morgan fingerprint density at radius 3 is 2.82 bits per heavy atom. The third-order valence-electron chi connectivity index (χ3n) is 3.88. The molecule has 1 saturated carbocycles. The van der Waals surface area contributed by atoms with E-state index in [1.165, 1.54) is 11.3 Å². The van der Waals surface area contributed by atoms with E-state index >= 15 is 0 Å². The molecule has 0 radical (unpaired) electrons. The molecule has 0 bridgehead atoms. The molecule has 1 aromatic carbocycles. The van der Waals surface area contributed by atoms with Crippen molar-refractivity contribution >= 4 is 23.2 Å². The van der Waals surface area contributed by atoms with E-state index < -0.39 is 0 Å². The largest absolute Gasteiger partial charge is 0.482 e. The summed E-state index contributed by atoms with van der Waals surface area (Å²) in [5.41, 5.74) is 4.23. The fourth-order valence-corrected chi connectivity index (χ4v) is 2.72. The Kier molecular flexibility index (Phi) is 4.37. The van der Waals surface area contributed by atoms with E-state index in [1.54, 1.807) is 12.1 Å². The average Bonchev–Trinajstić information content (AvgIpc) is 2.56. The van der Waals surface area contributed by atoms with Gasteiger partial charge in [-0.3, -0.25) is 14.5 Å². The molecule has 0 spiro atoms. The molecule has 1 aromatic rings. The van der Waals surface area contributed by atoms with E-state index in [-0.39, 0.29) is 25.0 Å². The molecule has 1 aliphatic carbocycles. The van der Waals surface area contributed by atoms with E-state index in [1.807, 2.05) is 12.1 Å². The van der Waals surface area contributed by atoms with Crippen LogP contribution in [0.25, 0.3) is 0 Å². The van der Waals surface area contributed by atoms with Crippen LogP contribution in [0.2, 0.25) is 0 Å². The van der Waals surface area contributed by atoms with Gasteiger partial charge in [0.1, 0.15) is 12.3 Å². The first-order chi connectivity index (χ1) is 10.7. The van der Waals surface area contributed by atoms with E-state index in [0.29, 0.717) is 11.4 Å². The van der Waals surface area contributed by atoms with Crippen molar-refractivity contribution in [3.05, 3.63) is 24.3 Å². The van der Waals surface area contributed by atoms with Gasteiger partial charge in [0.05, 0.1) is 5.69 Å². The fourth-order valence-electron chi connectivity index (χ4n) is 2.72. The van der Waals surface area contributed by atoms with Crippen molar-refractivity contribution in [3.8, 4) is 5.75 Å². The number of hydrogen-bond acceptors (Lipinski definition) is 4. The number of fused-ring (bicyclic) bond motifs is 1. The van der Waals surface area contributed by atoms with Crippen LogP contribution in [0.3, 0.4) is 0 Å². The molecule has 1 aliphatic heterocycles. The zero-order valence-corrected chi connectivity index (χ0v) is 12.4. The van der Waals surface area contributed by atoms with Crippen LogP contribution in [0.1, 0.15) is 32.1 Å². The Morgan fingerprint density at radius 2 is 2.00 bits per heavy atom. The number of ether oxygens (including phenoxy) is 1. The zero-order chi connectivity index (χ0) is 15.4. The topological polar surface area (TPSA) is 71.0 Å². The second-order valence-corrected chi connectivity index (χ2v) is 5.51. The maximum Gasteiger partial charge on any atom is 0.265 e. The Labute approximate surface area is 129 Å². The van der Waals surface area contributed by atoms with Crippen molar-refractivity contribution in [2.45, 2.75) is 32.1 Å². The van der Waals surface area contributed by atoms with Crippen LogP contribution in [0.5, 0.6) is 5.75 Å². The molecule has 0 aromatic heterocycles. The quantitative estimate of drug-likeness (QED) is 0.866. The zero-order valence-electron chi connectivity index (χ0n) is 12.4. The second kappa shape index (κ2) is 6.60. The molecule has 6 nitrogen and oxygen atoms in total. The first-order valence-corrected chi connectivity index (χ1v) is 7.60. The molecule has 0 saturated heterocycles. The van der Waals surface area contributed by atoms with Crippen LogP contribution >= 0.6 is 0 Å². The third kappa shape index (κ3) is 3.27. The highest BCUT2D eigenvalue weighted by atomic mass is 16.5. The van der Waals surface area contributed by atoms with Crippen molar-refractivity contribution in [3.63, 3.8) is 0 Å². The van der Waals surface area contributed by atoms with Gasteiger partial charge in [0.2, 0.25) is 0 Å². The minimum Gasteiger partial charge on any atom is -0.482 e. The van der Waals surface area contributed by atoms with Crippen LogP contribution in [0.4, 0.5) is 5.69 Å². The molecule has 3 rings (SSSR count). The molecule has 1 heterocycles. The molecule has 22 heavy (non-hydrogen) atoms. The van der Waals surface area contributed by atoms with Gasteiger partial charge in [-0.15, -0.1) is 0 Å². The minimum atomic E-state index is -0.289. The van der Waals surface area contributed by atoms with Gasteiger partial charge < -0.3 is 4.74 Å². The number of anilines is 1. The summed E-state index contributed by atoms with van der Waals surface area (Å²) >= 11 is 0. The van der Waals surface area contributed by atoms with Gasteiger partial charge in [0.15, 0.2) is 6.61 Å². The lowest BCUT2D eigenvalue weighted by Crippen LogP contribution is -2.44. The average molecular weight is 301 g/mol. The van der Waals surface area contributed by atoms with E-state index in [4.69, 9.17) is 4.74 Å². The minimum absolute atomic E-state index is 0.0428. The number of benzene rings is 1. The van der Waals surface area contributed by atoms with Crippen LogP contribution in [-0.2, 0) is 9.59 Å². The Morgan fingerprint density at radius 1 is 1.23 bits per heavy atom. The third-order valence-corrected chi connectivity index (χ3v) is 3.88. The number of hydrogen-bond donors (Lipinski definition) is 1. The number of hydrazone groups is 1. The van der Waals surface area contributed by atoms with Crippen LogP contribution in [0.15, 0.2) is 29.4 Å². The summed E-state index contributed by atoms with van der Waals surface area (Å²) < 4.78 is 5.35. The molecule has 0 unspecified atom stereocenters.